The fourth-order valence-electron chi connectivity index (χ4n) is 1.51. The van der Waals surface area contributed by atoms with Gasteiger partial charge in [-0.2, -0.15) is 12.6 Å². The highest BCUT2D eigenvalue weighted by Crippen LogP contribution is 2.28. The maximum Gasteiger partial charge on any atom is -0.00695 e. The highest BCUT2D eigenvalue weighted by atomic mass is 32.1. The zero-order valence-electron chi connectivity index (χ0n) is 6.12. The first-order valence-electron chi connectivity index (χ1n) is 3.93. The van der Waals surface area contributed by atoms with Crippen LogP contribution in [0, 0.1) is 11.8 Å². The van der Waals surface area contributed by atoms with Crippen molar-refractivity contribution >= 4 is 30.2 Å². The molecule has 0 spiro atoms. The summed E-state index contributed by atoms with van der Waals surface area (Å²) in [7, 11) is 0. The molecule has 0 aromatic heterocycles. The van der Waals surface area contributed by atoms with Gasteiger partial charge in [0.15, 0.2) is 0 Å². The molecule has 0 atom stereocenters. The molecule has 1 fully saturated rings. The first-order valence-corrected chi connectivity index (χ1v) is 5.03. The SMILES string of the molecule is S=CC1CCC(CS)CC1. The van der Waals surface area contributed by atoms with Crippen LogP contribution in [0.4, 0.5) is 0 Å². The van der Waals surface area contributed by atoms with E-state index in [4.69, 9.17) is 12.2 Å². The Kier molecular flexibility index (Phi) is 3.71. The lowest BCUT2D eigenvalue weighted by Crippen LogP contribution is -2.15. The molecule has 0 aromatic rings. The summed E-state index contributed by atoms with van der Waals surface area (Å²) in [6, 6.07) is 0. The zero-order valence-corrected chi connectivity index (χ0v) is 7.83. The lowest BCUT2D eigenvalue weighted by Gasteiger charge is -2.24. The molecular formula is C8H14S2. The van der Waals surface area contributed by atoms with Gasteiger partial charge in [-0.05, 0) is 48.6 Å². The first-order chi connectivity index (χ1) is 4.86. The molecule has 1 rings (SSSR count). The molecule has 0 unspecified atom stereocenters. The van der Waals surface area contributed by atoms with Crippen molar-refractivity contribution in [3.05, 3.63) is 0 Å². The Hall–Kier alpha value is 0.440. The van der Waals surface area contributed by atoms with Crippen molar-refractivity contribution in [3.63, 3.8) is 0 Å². The average molecular weight is 174 g/mol. The summed E-state index contributed by atoms with van der Waals surface area (Å²) in [5.41, 5.74) is 0. The number of hydrogen-bond acceptors (Lipinski definition) is 2. The van der Waals surface area contributed by atoms with Crippen LogP contribution in [0.15, 0.2) is 0 Å². The van der Waals surface area contributed by atoms with Crippen LogP contribution in [0.25, 0.3) is 0 Å². The third kappa shape index (κ3) is 2.24. The summed E-state index contributed by atoms with van der Waals surface area (Å²) in [5.74, 6) is 2.66. The van der Waals surface area contributed by atoms with Crippen molar-refractivity contribution in [2.45, 2.75) is 25.7 Å². The van der Waals surface area contributed by atoms with Crippen molar-refractivity contribution in [1.82, 2.24) is 0 Å². The second-order valence-corrected chi connectivity index (χ2v) is 3.74. The minimum atomic E-state index is 0.728. The van der Waals surface area contributed by atoms with Gasteiger partial charge in [-0.15, -0.1) is 0 Å². The second-order valence-electron chi connectivity index (χ2n) is 3.10. The van der Waals surface area contributed by atoms with Crippen LogP contribution in [0.5, 0.6) is 0 Å². The van der Waals surface area contributed by atoms with Gasteiger partial charge in [-0.1, -0.05) is 12.2 Å². The van der Waals surface area contributed by atoms with Crippen molar-refractivity contribution in [2.75, 3.05) is 5.75 Å². The molecule has 0 saturated heterocycles. The van der Waals surface area contributed by atoms with E-state index in [0.29, 0.717) is 0 Å². The summed E-state index contributed by atoms with van der Waals surface area (Å²) >= 11 is 9.19. The molecule has 1 saturated carbocycles. The van der Waals surface area contributed by atoms with Crippen molar-refractivity contribution in [2.24, 2.45) is 11.8 Å². The topological polar surface area (TPSA) is 0 Å². The smallest absolute Gasteiger partial charge is 0.00695 e. The van der Waals surface area contributed by atoms with Gasteiger partial charge in [0.05, 0.1) is 0 Å². The minimum absolute atomic E-state index is 0.728. The third-order valence-corrected chi connectivity index (χ3v) is 3.24. The lowest BCUT2D eigenvalue weighted by molar-refractivity contribution is 0.354. The van der Waals surface area contributed by atoms with E-state index < -0.39 is 0 Å². The van der Waals surface area contributed by atoms with Gasteiger partial charge in [0, 0.05) is 0 Å². The third-order valence-electron chi connectivity index (χ3n) is 2.34. The maximum absolute atomic E-state index is 4.90. The molecule has 0 amide bonds. The molecule has 0 N–H and O–H groups in total. The molecule has 0 aliphatic heterocycles. The van der Waals surface area contributed by atoms with E-state index in [1.54, 1.807) is 0 Å². The number of thiocarbonyl (C=S) groups is 1. The summed E-state index contributed by atoms with van der Waals surface area (Å²) in [6.45, 7) is 0. The molecule has 10 heavy (non-hydrogen) atoms. The van der Waals surface area contributed by atoms with Crippen LogP contribution in [0.3, 0.4) is 0 Å². The molecule has 0 aromatic carbocycles. The highest BCUT2D eigenvalue weighted by Gasteiger charge is 2.17. The Morgan fingerprint density at radius 2 is 1.90 bits per heavy atom. The van der Waals surface area contributed by atoms with E-state index in [0.717, 1.165) is 17.6 Å². The number of rotatable bonds is 2. The first kappa shape index (κ1) is 8.54. The van der Waals surface area contributed by atoms with E-state index in [9.17, 15) is 0 Å². The van der Waals surface area contributed by atoms with Crippen LogP contribution >= 0.6 is 24.8 Å². The van der Waals surface area contributed by atoms with Gasteiger partial charge in [-0.3, -0.25) is 0 Å². The van der Waals surface area contributed by atoms with Gasteiger partial charge in [-0.25, -0.2) is 0 Å². The Balaban J connectivity index is 2.23. The van der Waals surface area contributed by atoms with E-state index in [1.165, 1.54) is 25.7 Å². The van der Waals surface area contributed by atoms with Crippen molar-refractivity contribution < 1.29 is 0 Å². The number of hydrogen-bond donors (Lipinski definition) is 1. The summed E-state index contributed by atoms with van der Waals surface area (Å²) < 4.78 is 0. The summed E-state index contributed by atoms with van der Waals surface area (Å²) in [5, 5.41) is 1.94. The van der Waals surface area contributed by atoms with E-state index in [-0.39, 0.29) is 0 Å². The predicted octanol–water partition coefficient (Wildman–Crippen LogP) is 2.72. The Labute approximate surface area is 73.8 Å². The second kappa shape index (κ2) is 4.35. The molecule has 0 bridgehead atoms. The molecule has 1 aliphatic rings. The van der Waals surface area contributed by atoms with Gasteiger partial charge in [0.2, 0.25) is 0 Å². The van der Waals surface area contributed by atoms with Crippen LogP contribution in [0.1, 0.15) is 25.7 Å². The highest BCUT2D eigenvalue weighted by molar-refractivity contribution is 7.80. The van der Waals surface area contributed by atoms with Crippen molar-refractivity contribution in [3.8, 4) is 0 Å². The quantitative estimate of drug-likeness (QED) is 0.496. The van der Waals surface area contributed by atoms with Crippen LogP contribution in [-0.2, 0) is 0 Å². The summed E-state index contributed by atoms with van der Waals surface area (Å²) in [4.78, 5) is 0. The molecule has 0 radical (unpaired) electrons. The monoisotopic (exact) mass is 174 g/mol. The van der Waals surface area contributed by atoms with Crippen molar-refractivity contribution in [1.29, 1.82) is 0 Å². The zero-order chi connectivity index (χ0) is 7.40. The molecule has 0 heterocycles. The van der Waals surface area contributed by atoms with Gasteiger partial charge >= 0.3 is 0 Å². The van der Waals surface area contributed by atoms with Crippen LogP contribution in [-0.4, -0.2) is 11.1 Å². The fraction of sp³-hybridized carbons (Fsp3) is 0.875. The van der Waals surface area contributed by atoms with E-state index in [1.807, 2.05) is 5.37 Å². The fourth-order valence-corrected chi connectivity index (χ4v) is 2.14. The Morgan fingerprint density at radius 1 is 1.30 bits per heavy atom. The Bertz CT molecular complexity index is 104. The number of thiol groups is 1. The molecule has 1 aliphatic carbocycles. The van der Waals surface area contributed by atoms with Crippen LogP contribution < -0.4 is 0 Å². The lowest BCUT2D eigenvalue weighted by atomic mass is 9.84. The molecule has 2 heteroatoms. The molecule has 58 valence electrons. The predicted molar refractivity (Wildman–Crippen MR) is 53.0 cm³/mol. The molecule has 0 nitrogen and oxygen atoms in total. The van der Waals surface area contributed by atoms with Gasteiger partial charge in [0.25, 0.3) is 0 Å². The van der Waals surface area contributed by atoms with E-state index in [2.05, 4.69) is 12.6 Å². The minimum Gasteiger partial charge on any atom is -0.179 e. The Morgan fingerprint density at radius 3 is 2.30 bits per heavy atom. The van der Waals surface area contributed by atoms with Gasteiger partial charge in [0.1, 0.15) is 0 Å². The average Bonchev–Trinajstić information content (AvgIpc) is 2.05. The summed E-state index contributed by atoms with van der Waals surface area (Å²) in [6.07, 6.45) is 5.27. The van der Waals surface area contributed by atoms with E-state index >= 15 is 0 Å². The standard InChI is InChI=1S/C8H14S2/c9-5-7-1-2-8(6-10)4-3-7/h5,7-8,10H,1-4,6H2. The largest absolute Gasteiger partial charge is 0.179 e. The maximum atomic E-state index is 4.90. The molecular weight excluding hydrogens is 160 g/mol. The normalized spacial score (nSPS) is 33.7. The van der Waals surface area contributed by atoms with Crippen LogP contribution in [0.2, 0.25) is 0 Å². The van der Waals surface area contributed by atoms with Gasteiger partial charge < -0.3 is 0 Å².